The topological polar surface area (TPSA) is 117 Å². The number of carbonyl (C=O) groups excluding carboxylic acids is 1. The highest BCUT2D eigenvalue weighted by Crippen LogP contribution is 2.33. The molecule has 1 fully saturated rings. The van der Waals surface area contributed by atoms with Gasteiger partial charge >= 0.3 is 0 Å². The summed E-state index contributed by atoms with van der Waals surface area (Å²) in [7, 11) is -3.76. The zero-order valence-electron chi connectivity index (χ0n) is 27.6. The lowest BCUT2D eigenvalue weighted by atomic mass is 10.0. The van der Waals surface area contributed by atoms with Crippen LogP contribution in [0.2, 0.25) is 0 Å². The molecule has 1 aliphatic heterocycles. The number of fused-ring (bicyclic) bond motifs is 1. The maximum Gasteiger partial charge on any atom is 0.260 e. The predicted molar refractivity (Wildman–Crippen MR) is 190 cm³/mol. The molecule has 6 rings (SSSR count). The molecule has 0 unspecified atom stereocenters. The van der Waals surface area contributed by atoms with Crippen LogP contribution >= 0.6 is 0 Å². The summed E-state index contributed by atoms with van der Waals surface area (Å²) in [5.41, 5.74) is 3.20. The summed E-state index contributed by atoms with van der Waals surface area (Å²) in [6, 6.07) is 30.6. The van der Waals surface area contributed by atoms with Gasteiger partial charge < -0.3 is 19.9 Å². The highest BCUT2D eigenvalue weighted by Gasteiger charge is 2.25. The largest absolute Gasteiger partial charge is 0.484 e. The molecule has 11 heteroatoms. The predicted octanol–water partition coefficient (Wildman–Crippen LogP) is 6.15. The Balaban J connectivity index is 1.12. The molecule has 0 radical (unpaired) electrons. The molecule has 1 aromatic heterocycles. The van der Waals surface area contributed by atoms with Gasteiger partial charge in [-0.3, -0.25) is 4.79 Å². The maximum absolute atomic E-state index is 13.2. The molecule has 4 aromatic carbocycles. The van der Waals surface area contributed by atoms with E-state index in [0.717, 1.165) is 29.5 Å². The summed E-state index contributed by atoms with van der Waals surface area (Å²) in [6.45, 7) is 10.1. The van der Waals surface area contributed by atoms with Crippen LogP contribution < -0.4 is 19.7 Å². The Morgan fingerprint density at radius 2 is 1.50 bits per heavy atom. The number of hydrogen-bond donors (Lipinski definition) is 2. The Labute approximate surface area is 281 Å². The quantitative estimate of drug-likeness (QED) is 0.193. The van der Waals surface area contributed by atoms with Gasteiger partial charge in [0.25, 0.3) is 5.91 Å². The van der Waals surface area contributed by atoms with Gasteiger partial charge in [-0.1, -0.05) is 54.6 Å². The Bertz CT molecular complexity index is 2020. The van der Waals surface area contributed by atoms with E-state index in [1.165, 1.54) is 5.69 Å². The number of ether oxygens (including phenoxy) is 1. The number of rotatable bonds is 9. The molecule has 0 atom stereocenters. The average molecular weight is 665 g/mol. The molecular weight excluding hydrogens is 625 g/mol. The Morgan fingerprint density at radius 3 is 2.19 bits per heavy atom. The molecule has 248 valence electrons. The van der Waals surface area contributed by atoms with Crippen LogP contribution in [0.4, 0.5) is 17.2 Å². The molecule has 0 saturated carbocycles. The van der Waals surface area contributed by atoms with Gasteiger partial charge in [-0.25, -0.2) is 13.1 Å². The van der Waals surface area contributed by atoms with Crippen molar-refractivity contribution in [2.45, 2.75) is 38.1 Å². The third kappa shape index (κ3) is 7.58. The first-order valence-corrected chi connectivity index (χ1v) is 17.4. The third-order valence-corrected chi connectivity index (χ3v) is 10.0. The van der Waals surface area contributed by atoms with Crippen molar-refractivity contribution in [1.29, 1.82) is 0 Å². The van der Waals surface area contributed by atoms with E-state index >= 15 is 0 Å². The van der Waals surface area contributed by atoms with Crippen LogP contribution in [0.25, 0.3) is 22.0 Å². The number of para-hydroxylation sites is 1. The average Bonchev–Trinajstić information content (AvgIpc) is 3.07. The van der Waals surface area contributed by atoms with Crippen molar-refractivity contribution in [3.8, 4) is 17.0 Å². The fraction of sp³-hybridized carbons (Fsp3) is 0.270. The van der Waals surface area contributed by atoms with Crippen molar-refractivity contribution < 1.29 is 17.9 Å². The highest BCUT2D eigenvalue weighted by molar-refractivity contribution is 7.89. The van der Waals surface area contributed by atoms with Crippen LogP contribution in [0.1, 0.15) is 26.3 Å². The van der Waals surface area contributed by atoms with Crippen molar-refractivity contribution in [2.75, 3.05) is 43.0 Å². The number of aromatic nitrogens is 2. The first-order valence-electron chi connectivity index (χ1n) is 15.9. The van der Waals surface area contributed by atoms with Crippen LogP contribution in [-0.2, 0) is 14.8 Å². The van der Waals surface area contributed by atoms with Gasteiger partial charge in [0.2, 0.25) is 10.0 Å². The number of anilines is 3. The van der Waals surface area contributed by atoms with Crippen LogP contribution in [0.15, 0.2) is 102 Å². The van der Waals surface area contributed by atoms with E-state index in [0.29, 0.717) is 41.5 Å². The number of amides is 1. The number of aryl methyl sites for hydroxylation is 1. The number of benzene rings is 4. The Hall–Kier alpha value is -5.00. The summed E-state index contributed by atoms with van der Waals surface area (Å²) in [5, 5.41) is 14.0. The fourth-order valence-corrected chi connectivity index (χ4v) is 7.46. The van der Waals surface area contributed by atoms with Gasteiger partial charge in [-0.05, 0) is 75.7 Å². The van der Waals surface area contributed by atoms with E-state index < -0.39 is 15.6 Å². The SMILES string of the molecule is Cc1ccc(-c2nnc(Nc3ccc(OCC(=O)N4CCN(c5ccccc5)CC4)cc3)c3ccccc23)cc1S(=O)(=O)NC(C)(C)C. The van der Waals surface area contributed by atoms with E-state index in [1.54, 1.807) is 19.1 Å². The summed E-state index contributed by atoms with van der Waals surface area (Å²) in [5.74, 6) is 1.12. The summed E-state index contributed by atoms with van der Waals surface area (Å²) in [6.07, 6.45) is 0. The van der Waals surface area contributed by atoms with Crippen molar-refractivity contribution in [3.05, 3.63) is 103 Å². The number of carbonyl (C=O) groups is 1. The second-order valence-electron chi connectivity index (χ2n) is 12.9. The molecule has 1 saturated heterocycles. The van der Waals surface area contributed by atoms with E-state index in [1.807, 2.05) is 98.5 Å². The molecule has 48 heavy (non-hydrogen) atoms. The molecule has 0 bridgehead atoms. The Morgan fingerprint density at radius 1 is 0.833 bits per heavy atom. The summed E-state index contributed by atoms with van der Waals surface area (Å²) >= 11 is 0. The fourth-order valence-electron chi connectivity index (χ4n) is 5.76. The molecule has 1 amide bonds. The summed E-state index contributed by atoms with van der Waals surface area (Å²) in [4.78, 5) is 17.2. The second kappa shape index (κ2) is 13.6. The van der Waals surface area contributed by atoms with Gasteiger partial charge in [0.15, 0.2) is 12.4 Å². The highest BCUT2D eigenvalue weighted by atomic mass is 32.2. The van der Waals surface area contributed by atoms with Crippen LogP contribution in [-0.4, -0.2) is 67.7 Å². The van der Waals surface area contributed by atoms with Crippen molar-refractivity contribution in [2.24, 2.45) is 0 Å². The van der Waals surface area contributed by atoms with Gasteiger partial charge in [-0.15, -0.1) is 10.2 Å². The molecule has 2 N–H and O–H groups in total. The van der Waals surface area contributed by atoms with E-state index in [9.17, 15) is 13.2 Å². The maximum atomic E-state index is 13.2. The van der Waals surface area contributed by atoms with Crippen LogP contribution in [0.5, 0.6) is 5.75 Å². The van der Waals surface area contributed by atoms with Gasteiger partial charge in [0.1, 0.15) is 11.4 Å². The minimum absolute atomic E-state index is 0.0238. The molecule has 1 aliphatic rings. The number of sulfonamides is 1. The third-order valence-electron chi connectivity index (χ3n) is 8.11. The zero-order valence-corrected chi connectivity index (χ0v) is 28.4. The van der Waals surface area contributed by atoms with Crippen LogP contribution in [0.3, 0.4) is 0 Å². The second-order valence-corrected chi connectivity index (χ2v) is 14.6. The molecule has 2 heterocycles. The minimum Gasteiger partial charge on any atom is -0.484 e. The first-order chi connectivity index (χ1) is 23.0. The van der Waals surface area contributed by atoms with E-state index in [4.69, 9.17) is 4.74 Å². The van der Waals surface area contributed by atoms with Gasteiger partial charge in [-0.2, -0.15) is 0 Å². The summed E-state index contributed by atoms with van der Waals surface area (Å²) < 4.78 is 35.0. The standard InChI is InChI=1S/C37H40N6O4S/c1-26-14-15-27(24-33(26)48(45,46)41-37(2,3)4)35-31-12-8-9-13-32(31)36(40-39-35)38-28-16-18-30(19-17-28)47-25-34(44)43-22-20-42(21-23-43)29-10-6-5-7-11-29/h5-19,24,41H,20-23,25H2,1-4H3,(H,38,40). The van der Waals surface area contributed by atoms with Gasteiger partial charge in [0.05, 0.1) is 4.90 Å². The lowest BCUT2D eigenvalue weighted by Crippen LogP contribution is -2.50. The van der Waals surface area contributed by atoms with E-state index in [2.05, 4.69) is 37.3 Å². The lowest BCUT2D eigenvalue weighted by molar-refractivity contribution is -0.133. The van der Waals surface area contributed by atoms with Crippen molar-refractivity contribution in [1.82, 2.24) is 19.8 Å². The van der Waals surface area contributed by atoms with E-state index in [-0.39, 0.29) is 17.4 Å². The monoisotopic (exact) mass is 664 g/mol. The van der Waals surface area contributed by atoms with Crippen molar-refractivity contribution in [3.63, 3.8) is 0 Å². The zero-order chi connectivity index (χ0) is 33.9. The number of hydrogen-bond acceptors (Lipinski definition) is 8. The first kappa shape index (κ1) is 32.9. The van der Waals surface area contributed by atoms with Crippen molar-refractivity contribution >= 4 is 43.9 Å². The smallest absolute Gasteiger partial charge is 0.260 e. The molecule has 5 aromatic rings. The Kier molecular flexibility index (Phi) is 9.34. The number of nitrogens with one attached hydrogen (secondary N) is 2. The number of nitrogens with zero attached hydrogens (tertiary/aromatic N) is 4. The minimum atomic E-state index is -3.76. The molecular formula is C37H40N6O4S. The van der Waals surface area contributed by atoms with Gasteiger partial charge in [0, 0.05) is 59.4 Å². The molecule has 0 aliphatic carbocycles. The van der Waals surface area contributed by atoms with Crippen LogP contribution in [0, 0.1) is 6.92 Å². The number of piperazine rings is 1. The molecule has 10 nitrogen and oxygen atoms in total. The lowest BCUT2D eigenvalue weighted by Gasteiger charge is -2.36. The molecule has 0 spiro atoms. The normalized spacial score (nSPS) is 13.8.